The van der Waals surface area contributed by atoms with Crippen molar-refractivity contribution in [3.8, 4) is 0 Å². The van der Waals surface area contributed by atoms with Crippen LogP contribution in [-0.2, 0) is 16.8 Å². The molecule has 1 N–H and O–H groups in total. The molecule has 0 saturated carbocycles. The summed E-state index contributed by atoms with van der Waals surface area (Å²) in [6.07, 6.45) is 6.36. The number of nitrogens with zero attached hydrogens (tertiary/aromatic N) is 1. The number of aliphatic carboxylic acids is 1. The number of carboxylic acid groups (broad SMARTS) is 1. The molecular formula is C17H22FNO2. The van der Waals surface area contributed by atoms with Gasteiger partial charge in [0.15, 0.2) is 0 Å². The van der Waals surface area contributed by atoms with E-state index >= 15 is 0 Å². The molecule has 114 valence electrons. The minimum atomic E-state index is -0.767. The first kappa shape index (κ1) is 14.5. The van der Waals surface area contributed by atoms with Gasteiger partial charge in [-0.2, -0.15) is 0 Å². The number of aryl methyl sites for hydroxylation is 1. The van der Waals surface area contributed by atoms with Crippen LogP contribution < -0.4 is 0 Å². The van der Waals surface area contributed by atoms with E-state index in [0.717, 1.165) is 49.9 Å². The Hall–Kier alpha value is -1.42. The van der Waals surface area contributed by atoms with Gasteiger partial charge >= 0.3 is 5.97 Å². The Kier molecular flexibility index (Phi) is 3.98. The molecule has 1 fully saturated rings. The first-order chi connectivity index (χ1) is 10.1. The second-order valence-electron chi connectivity index (χ2n) is 6.30. The molecule has 2 aliphatic rings. The molecule has 1 saturated heterocycles. The average Bonchev–Trinajstić information content (AvgIpc) is 2.65. The van der Waals surface area contributed by atoms with Gasteiger partial charge in [0.25, 0.3) is 0 Å². The molecular weight excluding hydrogens is 269 g/mol. The third kappa shape index (κ3) is 2.69. The Morgan fingerprint density at radius 1 is 1.24 bits per heavy atom. The summed E-state index contributed by atoms with van der Waals surface area (Å²) < 4.78 is 13.5. The van der Waals surface area contributed by atoms with Crippen molar-refractivity contribution < 1.29 is 14.3 Å². The highest BCUT2D eigenvalue weighted by atomic mass is 19.1. The summed E-state index contributed by atoms with van der Waals surface area (Å²) >= 11 is 0. The molecule has 3 rings (SSSR count). The van der Waals surface area contributed by atoms with Gasteiger partial charge < -0.3 is 5.11 Å². The largest absolute Gasteiger partial charge is 0.481 e. The van der Waals surface area contributed by atoms with E-state index in [9.17, 15) is 14.3 Å². The molecule has 1 unspecified atom stereocenters. The van der Waals surface area contributed by atoms with Crippen molar-refractivity contribution in [2.75, 3.05) is 13.1 Å². The van der Waals surface area contributed by atoms with Gasteiger partial charge in [-0.05, 0) is 62.0 Å². The van der Waals surface area contributed by atoms with E-state index in [1.807, 2.05) is 6.07 Å². The van der Waals surface area contributed by atoms with Gasteiger partial charge in [0.2, 0.25) is 0 Å². The van der Waals surface area contributed by atoms with E-state index in [-0.39, 0.29) is 12.2 Å². The van der Waals surface area contributed by atoms with Crippen molar-refractivity contribution >= 4 is 5.97 Å². The number of fused-ring (bicyclic) bond motifs is 1. The number of benzene rings is 1. The van der Waals surface area contributed by atoms with Crippen molar-refractivity contribution in [1.82, 2.24) is 4.90 Å². The minimum Gasteiger partial charge on any atom is -0.481 e. The Labute approximate surface area is 124 Å². The van der Waals surface area contributed by atoms with E-state index in [1.54, 1.807) is 6.07 Å². The maximum atomic E-state index is 13.5. The number of carboxylic acids is 1. The molecule has 4 heteroatoms. The topological polar surface area (TPSA) is 40.5 Å². The van der Waals surface area contributed by atoms with Crippen LogP contribution in [-0.4, -0.2) is 29.1 Å². The molecule has 0 spiro atoms. The summed E-state index contributed by atoms with van der Waals surface area (Å²) in [4.78, 5) is 13.8. The molecule has 0 radical (unpaired) electrons. The lowest BCUT2D eigenvalue weighted by Gasteiger charge is -2.41. The number of rotatable bonds is 3. The molecule has 1 heterocycles. The van der Waals surface area contributed by atoms with Crippen LogP contribution in [0, 0.1) is 5.82 Å². The molecule has 1 aliphatic heterocycles. The third-order valence-corrected chi connectivity index (χ3v) is 5.03. The maximum absolute atomic E-state index is 13.5. The zero-order chi connectivity index (χ0) is 14.9. The second kappa shape index (κ2) is 5.76. The second-order valence-corrected chi connectivity index (χ2v) is 6.30. The lowest BCUT2D eigenvalue weighted by molar-refractivity contribution is -0.140. The van der Waals surface area contributed by atoms with Gasteiger partial charge in [-0.1, -0.05) is 18.9 Å². The van der Waals surface area contributed by atoms with Crippen molar-refractivity contribution in [2.45, 2.75) is 50.5 Å². The van der Waals surface area contributed by atoms with Crippen LogP contribution in [0.25, 0.3) is 0 Å². The van der Waals surface area contributed by atoms with Crippen LogP contribution in [0.1, 0.15) is 49.7 Å². The zero-order valence-electron chi connectivity index (χ0n) is 12.3. The predicted molar refractivity (Wildman–Crippen MR) is 78.7 cm³/mol. The fourth-order valence-electron chi connectivity index (χ4n) is 4.07. The van der Waals surface area contributed by atoms with Crippen molar-refractivity contribution in [3.63, 3.8) is 0 Å². The van der Waals surface area contributed by atoms with Gasteiger partial charge in [0.05, 0.1) is 12.0 Å². The smallest absolute Gasteiger partial charge is 0.305 e. The standard InChI is InChI=1S/C17H22FNO2/c18-14-5-6-15-13(11-14)7-8-17(15,12-16(20)21)19-9-3-1-2-4-10-19/h5-6,11H,1-4,7-10,12H2,(H,20,21). The average molecular weight is 291 g/mol. The number of hydrogen-bond acceptors (Lipinski definition) is 2. The molecule has 1 aromatic rings. The van der Waals surface area contributed by atoms with Crippen molar-refractivity contribution in [3.05, 3.63) is 35.1 Å². The lowest BCUT2D eigenvalue weighted by atomic mass is 9.85. The molecule has 0 bridgehead atoms. The van der Waals surface area contributed by atoms with E-state index in [2.05, 4.69) is 4.90 Å². The molecule has 1 atom stereocenters. The summed E-state index contributed by atoms with van der Waals surface area (Å²) in [7, 11) is 0. The zero-order valence-corrected chi connectivity index (χ0v) is 12.3. The summed E-state index contributed by atoms with van der Waals surface area (Å²) in [6.45, 7) is 1.90. The minimum absolute atomic E-state index is 0.117. The normalized spacial score (nSPS) is 26.3. The summed E-state index contributed by atoms with van der Waals surface area (Å²) in [5, 5.41) is 9.42. The van der Waals surface area contributed by atoms with Crippen LogP contribution in [0.5, 0.6) is 0 Å². The van der Waals surface area contributed by atoms with E-state index in [0.29, 0.717) is 0 Å². The number of hydrogen-bond donors (Lipinski definition) is 1. The molecule has 1 aromatic carbocycles. The number of carbonyl (C=O) groups is 1. The highest BCUT2D eigenvalue weighted by Crippen LogP contribution is 2.45. The quantitative estimate of drug-likeness (QED) is 0.928. The molecule has 3 nitrogen and oxygen atoms in total. The number of halogens is 1. The molecule has 0 amide bonds. The first-order valence-corrected chi connectivity index (χ1v) is 7.88. The Bertz CT molecular complexity index is 538. The van der Waals surface area contributed by atoms with E-state index < -0.39 is 11.5 Å². The van der Waals surface area contributed by atoms with Crippen molar-refractivity contribution in [1.29, 1.82) is 0 Å². The Morgan fingerprint density at radius 3 is 2.62 bits per heavy atom. The fraction of sp³-hybridized carbons (Fsp3) is 0.588. The van der Waals surface area contributed by atoms with Gasteiger partial charge in [-0.25, -0.2) is 4.39 Å². The third-order valence-electron chi connectivity index (χ3n) is 5.03. The SMILES string of the molecule is O=C(O)CC1(N2CCCCCC2)CCc2cc(F)ccc21. The van der Waals surface area contributed by atoms with Crippen molar-refractivity contribution in [2.24, 2.45) is 0 Å². The van der Waals surface area contributed by atoms with Gasteiger partial charge in [-0.15, -0.1) is 0 Å². The predicted octanol–water partition coefficient (Wildman–Crippen LogP) is 3.32. The van der Waals surface area contributed by atoms with Crippen LogP contribution in [0.15, 0.2) is 18.2 Å². The van der Waals surface area contributed by atoms with Crippen LogP contribution >= 0.6 is 0 Å². The highest BCUT2D eigenvalue weighted by Gasteiger charge is 2.45. The monoisotopic (exact) mass is 291 g/mol. The van der Waals surface area contributed by atoms with Crippen LogP contribution in [0.2, 0.25) is 0 Å². The molecule has 1 aliphatic carbocycles. The van der Waals surface area contributed by atoms with Crippen LogP contribution in [0.3, 0.4) is 0 Å². The van der Waals surface area contributed by atoms with Crippen LogP contribution in [0.4, 0.5) is 4.39 Å². The summed E-state index contributed by atoms with van der Waals surface area (Å²) in [6, 6.07) is 4.86. The number of likely N-dealkylation sites (tertiary alicyclic amines) is 1. The van der Waals surface area contributed by atoms with Gasteiger partial charge in [0, 0.05) is 0 Å². The van der Waals surface area contributed by atoms with E-state index in [1.165, 1.54) is 18.9 Å². The maximum Gasteiger partial charge on any atom is 0.305 e. The van der Waals surface area contributed by atoms with E-state index in [4.69, 9.17) is 0 Å². The highest BCUT2D eigenvalue weighted by molar-refractivity contribution is 5.69. The first-order valence-electron chi connectivity index (χ1n) is 7.88. The Balaban J connectivity index is 2.01. The Morgan fingerprint density at radius 2 is 1.95 bits per heavy atom. The van der Waals surface area contributed by atoms with Gasteiger partial charge in [0.1, 0.15) is 5.82 Å². The molecule has 21 heavy (non-hydrogen) atoms. The fourth-order valence-corrected chi connectivity index (χ4v) is 4.07. The summed E-state index contributed by atoms with van der Waals surface area (Å²) in [5.74, 6) is -0.993. The molecule has 0 aromatic heterocycles. The van der Waals surface area contributed by atoms with Gasteiger partial charge in [-0.3, -0.25) is 9.69 Å². The lowest BCUT2D eigenvalue weighted by Crippen LogP contribution is -2.46. The summed E-state index contributed by atoms with van der Waals surface area (Å²) in [5.41, 5.74) is 1.59.